The summed E-state index contributed by atoms with van der Waals surface area (Å²) in [5.74, 6) is 1.34. The SMILES string of the molecule is FC(F)(F)Cc1cc2c(N3CC[C@H]4[C@H](CCN4Cc4ccccc4)C3)ncnc2s1. The molecule has 30 heavy (non-hydrogen) atoms. The van der Waals surface area contributed by atoms with Gasteiger partial charge in [0, 0.05) is 30.6 Å². The lowest BCUT2D eigenvalue weighted by Gasteiger charge is -2.38. The minimum Gasteiger partial charge on any atom is -0.356 e. The quantitative estimate of drug-likeness (QED) is 0.587. The Kier molecular flexibility index (Phi) is 5.14. The Bertz CT molecular complexity index is 1020. The van der Waals surface area contributed by atoms with Crippen molar-refractivity contribution < 1.29 is 13.2 Å². The van der Waals surface area contributed by atoms with Crippen LogP contribution in [0.4, 0.5) is 19.0 Å². The summed E-state index contributed by atoms with van der Waals surface area (Å²) in [4.78, 5) is 14.5. The largest absolute Gasteiger partial charge is 0.393 e. The highest BCUT2D eigenvalue weighted by atomic mass is 32.1. The van der Waals surface area contributed by atoms with E-state index in [4.69, 9.17) is 0 Å². The van der Waals surface area contributed by atoms with Gasteiger partial charge in [0.1, 0.15) is 17.0 Å². The maximum Gasteiger partial charge on any atom is 0.393 e. The first-order valence-corrected chi connectivity index (χ1v) is 11.1. The Balaban J connectivity index is 1.32. The zero-order valence-electron chi connectivity index (χ0n) is 16.5. The van der Waals surface area contributed by atoms with Gasteiger partial charge in [-0.2, -0.15) is 13.2 Å². The van der Waals surface area contributed by atoms with Crippen LogP contribution in [0.1, 0.15) is 23.3 Å². The molecule has 4 heterocycles. The van der Waals surface area contributed by atoms with Crippen LogP contribution in [0.2, 0.25) is 0 Å². The number of benzene rings is 1. The molecular formula is C22H23F3N4S. The predicted octanol–water partition coefficient (Wildman–Crippen LogP) is 4.90. The summed E-state index contributed by atoms with van der Waals surface area (Å²) in [5.41, 5.74) is 1.34. The molecule has 0 spiro atoms. The molecule has 4 nitrogen and oxygen atoms in total. The van der Waals surface area contributed by atoms with E-state index in [1.165, 1.54) is 11.9 Å². The second-order valence-corrected chi connectivity index (χ2v) is 9.34. The second-order valence-electron chi connectivity index (χ2n) is 8.23. The Labute approximate surface area is 177 Å². The monoisotopic (exact) mass is 432 g/mol. The number of halogens is 3. The molecule has 158 valence electrons. The van der Waals surface area contributed by atoms with Gasteiger partial charge in [0.15, 0.2) is 0 Å². The van der Waals surface area contributed by atoms with Crippen LogP contribution in [-0.2, 0) is 13.0 Å². The number of anilines is 1. The van der Waals surface area contributed by atoms with Gasteiger partial charge in [-0.15, -0.1) is 11.3 Å². The van der Waals surface area contributed by atoms with E-state index in [1.807, 2.05) is 6.07 Å². The molecule has 0 aliphatic carbocycles. The van der Waals surface area contributed by atoms with Gasteiger partial charge >= 0.3 is 6.18 Å². The van der Waals surface area contributed by atoms with Crippen LogP contribution >= 0.6 is 11.3 Å². The maximum atomic E-state index is 12.8. The number of rotatable bonds is 4. The van der Waals surface area contributed by atoms with Crippen LogP contribution in [0.25, 0.3) is 10.2 Å². The molecule has 0 saturated carbocycles. The highest BCUT2D eigenvalue weighted by Gasteiger charge is 2.39. The molecule has 2 aliphatic rings. The van der Waals surface area contributed by atoms with Gasteiger partial charge in [-0.25, -0.2) is 9.97 Å². The highest BCUT2D eigenvalue weighted by molar-refractivity contribution is 7.18. The first-order chi connectivity index (χ1) is 14.5. The van der Waals surface area contributed by atoms with Crippen molar-refractivity contribution in [1.82, 2.24) is 14.9 Å². The molecule has 0 amide bonds. The average molecular weight is 433 g/mol. The zero-order valence-corrected chi connectivity index (χ0v) is 17.3. The van der Waals surface area contributed by atoms with Gasteiger partial charge < -0.3 is 4.90 Å². The van der Waals surface area contributed by atoms with Gasteiger partial charge in [0.05, 0.1) is 11.8 Å². The van der Waals surface area contributed by atoms with E-state index < -0.39 is 12.6 Å². The normalized spacial score (nSPS) is 22.6. The molecule has 3 aromatic rings. The summed E-state index contributed by atoms with van der Waals surface area (Å²) < 4.78 is 38.5. The van der Waals surface area contributed by atoms with Crippen LogP contribution in [0, 0.1) is 5.92 Å². The molecule has 1 aromatic carbocycles. The molecule has 0 radical (unpaired) electrons. The highest BCUT2D eigenvalue weighted by Crippen LogP contribution is 2.38. The second kappa shape index (κ2) is 7.81. The molecule has 2 saturated heterocycles. The topological polar surface area (TPSA) is 32.3 Å². The van der Waals surface area contributed by atoms with Crippen molar-refractivity contribution in [2.24, 2.45) is 5.92 Å². The van der Waals surface area contributed by atoms with Gasteiger partial charge in [-0.1, -0.05) is 30.3 Å². The number of alkyl halides is 3. The Morgan fingerprint density at radius 3 is 2.70 bits per heavy atom. The van der Waals surface area contributed by atoms with E-state index in [1.54, 1.807) is 6.07 Å². The summed E-state index contributed by atoms with van der Waals surface area (Å²) in [6.07, 6.45) is -1.45. The van der Waals surface area contributed by atoms with Crippen LogP contribution in [0.5, 0.6) is 0 Å². The molecule has 2 aliphatic heterocycles. The lowest BCUT2D eigenvalue weighted by molar-refractivity contribution is -0.126. The fourth-order valence-electron chi connectivity index (χ4n) is 4.92. The number of hydrogen-bond acceptors (Lipinski definition) is 5. The summed E-state index contributed by atoms with van der Waals surface area (Å²) in [6.45, 7) is 3.83. The van der Waals surface area contributed by atoms with Crippen LogP contribution < -0.4 is 4.90 Å². The molecule has 2 atom stereocenters. The molecule has 2 fully saturated rings. The van der Waals surface area contributed by atoms with Crippen molar-refractivity contribution in [1.29, 1.82) is 0 Å². The summed E-state index contributed by atoms with van der Waals surface area (Å²) in [5, 5.41) is 0.749. The Morgan fingerprint density at radius 2 is 1.90 bits per heavy atom. The van der Waals surface area contributed by atoms with E-state index in [9.17, 15) is 13.2 Å². The third-order valence-corrected chi connectivity index (χ3v) is 7.26. The van der Waals surface area contributed by atoms with E-state index in [0.29, 0.717) is 21.7 Å². The average Bonchev–Trinajstić information content (AvgIpc) is 3.30. The number of fused-ring (bicyclic) bond motifs is 2. The van der Waals surface area contributed by atoms with Crippen molar-refractivity contribution >= 4 is 27.4 Å². The molecule has 5 rings (SSSR count). The molecular weight excluding hydrogens is 409 g/mol. The van der Waals surface area contributed by atoms with Crippen molar-refractivity contribution in [3.8, 4) is 0 Å². The number of piperidine rings is 1. The van der Waals surface area contributed by atoms with Gasteiger partial charge in [-0.05, 0) is 36.9 Å². The maximum absolute atomic E-state index is 12.8. The van der Waals surface area contributed by atoms with Crippen molar-refractivity contribution in [3.05, 3.63) is 53.2 Å². The third kappa shape index (κ3) is 4.03. The fourth-order valence-corrected chi connectivity index (χ4v) is 5.94. The van der Waals surface area contributed by atoms with Gasteiger partial charge in [0.25, 0.3) is 0 Å². The number of likely N-dealkylation sites (tertiary alicyclic amines) is 1. The summed E-state index contributed by atoms with van der Waals surface area (Å²) in [6, 6.07) is 12.7. The molecule has 0 bridgehead atoms. The Morgan fingerprint density at radius 1 is 1.07 bits per heavy atom. The third-order valence-electron chi connectivity index (χ3n) is 6.21. The lowest BCUT2D eigenvalue weighted by Crippen LogP contribution is -2.46. The van der Waals surface area contributed by atoms with E-state index in [-0.39, 0.29) is 0 Å². The lowest BCUT2D eigenvalue weighted by atomic mass is 9.92. The Hall–Kier alpha value is -2.19. The van der Waals surface area contributed by atoms with Crippen molar-refractivity contribution in [2.45, 2.75) is 38.0 Å². The molecule has 0 N–H and O–H groups in total. The minimum absolute atomic E-state index is 0.295. The molecule has 8 heteroatoms. The fraction of sp³-hybridized carbons (Fsp3) is 0.455. The first-order valence-electron chi connectivity index (χ1n) is 10.3. The molecule has 0 unspecified atom stereocenters. The number of nitrogens with zero attached hydrogens (tertiary/aromatic N) is 4. The van der Waals surface area contributed by atoms with Gasteiger partial charge in [-0.3, -0.25) is 4.90 Å². The van der Waals surface area contributed by atoms with Crippen molar-refractivity contribution in [2.75, 3.05) is 24.5 Å². The number of thiophene rings is 1. The van der Waals surface area contributed by atoms with E-state index in [2.05, 4.69) is 44.0 Å². The zero-order chi connectivity index (χ0) is 20.7. The summed E-state index contributed by atoms with van der Waals surface area (Å²) >= 11 is 1.12. The van der Waals surface area contributed by atoms with Gasteiger partial charge in [0.2, 0.25) is 0 Å². The van der Waals surface area contributed by atoms with Crippen LogP contribution in [0.3, 0.4) is 0 Å². The van der Waals surface area contributed by atoms with Crippen molar-refractivity contribution in [3.63, 3.8) is 0 Å². The number of aromatic nitrogens is 2. The molecule has 2 aromatic heterocycles. The number of hydrogen-bond donors (Lipinski definition) is 0. The van der Waals surface area contributed by atoms with E-state index in [0.717, 1.165) is 61.6 Å². The first kappa shape index (κ1) is 19.8. The van der Waals surface area contributed by atoms with Crippen LogP contribution in [-0.4, -0.2) is 46.7 Å². The minimum atomic E-state index is -4.21. The predicted molar refractivity (Wildman–Crippen MR) is 113 cm³/mol. The van der Waals surface area contributed by atoms with Crippen LogP contribution in [0.15, 0.2) is 42.7 Å². The standard InChI is InChI=1S/C22H23F3N4S/c23-22(24,25)11-17-10-18-20(26-14-27-21(18)30-17)29-9-7-19-16(13-29)6-8-28(19)12-15-4-2-1-3-5-15/h1-5,10,14,16,19H,6-9,11-13H2/t16-,19+/m1/s1. The summed E-state index contributed by atoms with van der Waals surface area (Å²) in [7, 11) is 0. The smallest absolute Gasteiger partial charge is 0.356 e. The van der Waals surface area contributed by atoms with E-state index >= 15 is 0 Å².